The van der Waals surface area contributed by atoms with E-state index in [0.717, 1.165) is 45.1 Å². The zero-order valence-corrected chi connectivity index (χ0v) is 11.3. The van der Waals surface area contributed by atoms with Gasteiger partial charge in [-0.1, -0.05) is 11.1 Å². The van der Waals surface area contributed by atoms with Crippen molar-refractivity contribution in [2.24, 2.45) is 17.8 Å². The summed E-state index contributed by atoms with van der Waals surface area (Å²) in [6, 6.07) is 0.383. The fourth-order valence-electron chi connectivity index (χ4n) is 4.95. The third kappa shape index (κ3) is 1.74. The molecular weight excluding hydrogens is 238 g/mol. The van der Waals surface area contributed by atoms with Crippen molar-refractivity contribution in [3.8, 4) is 0 Å². The summed E-state index contributed by atoms with van der Waals surface area (Å²) in [5.41, 5.74) is 3.19. The van der Waals surface area contributed by atoms with Gasteiger partial charge in [-0.2, -0.15) is 0 Å². The summed E-state index contributed by atoms with van der Waals surface area (Å²) in [7, 11) is 0. The molecule has 2 fully saturated rings. The van der Waals surface area contributed by atoms with Gasteiger partial charge in [-0.05, 0) is 37.5 Å². The van der Waals surface area contributed by atoms with Gasteiger partial charge in [0.1, 0.15) is 11.6 Å². The first-order valence-corrected chi connectivity index (χ1v) is 7.73. The fourth-order valence-corrected chi connectivity index (χ4v) is 4.95. The highest BCUT2D eigenvalue weighted by atomic mass is 16.1. The highest BCUT2D eigenvalue weighted by Gasteiger charge is 2.45. The summed E-state index contributed by atoms with van der Waals surface area (Å²) >= 11 is 0. The van der Waals surface area contributed by atoms with Crippen LogP contribution in [0.2, 0.25) is 0 Å². The maximum Gasteiger partial charge on any atom is 0.136 e. The average molecular weight is 259 g/mol. The molecule has 4 rings (SSSR count). The quantitative estimate of drug-likeness (QED) is 0.677. The predicted octanol–water partition coefficient (Wildman–Crippen LogP) is 2.01. The van der Waals surface area contributed by atoms with Gasteiger partial charge < -0.3 is 5.32 Å². The molecule has 0 aromatic rings. The zero-order valence-electron chi connectivity index (χ0n) is 11.3. The topological polar surface area (TPSA) is 46.2 Å². The monoisotopic (exact) mass is 259 g/mol. The molecule has 0 aromatic carbocycles. The van der Waals surface area contributed by atoms with E-state index in [4.69, 9.17) is 0 Å². The molecule has 0 saturated heterocycles. The minimum Gasteiger partial charge on any atom is -0.309 e. The van der Waals surface area contributed by atoms with Gasteiger partial charge >= 0.3 is 0 Å². The van der Waals surface area contributed by atoms with Crippen LogP contribution >= 0.6 is 0 Å². The van der Waals surface area contributed by atoms with Crippen LogP contribution < -0.4 is 5.32 Å². The Morgan fingerprint density at radius 2 is 1.63 bits per heavy atom. The van der Waals surface area contributed by atoms with E-state index >= 15 is 0 Å². The minimum absolute atomic E-state index is 0.322. The summed E-state index contributed by atoms with van der Waals surface area (Å²) in [5.74, 6) is 2.35. The molecule has 19 heavy (non-hydrogen) atoms. The number of hydrogen-bond donors (Lipinski definition) is 1. The normalized spacial score (nSPS) is 41.9. The van der Waals surface area contributed by atoms with Crippen molar-refractivity contribution in [3.05, 3.63) is 11.1 Å². The maximum absolute atomic E-state index is 11.9. The van der Waals surface area contributed by atoms with Crippen LogP contribution in [-0.4, -0.2) is 24.2 Å². The van der Waals surface area contributed by atoms with Gasteiger partial charge in [-0.25, -0.2) is 0 Å². The van der Waals surface area contributed by atoms with Crippen LogP contribution in [0.3, 0.4) is 0 Å². The second-order valence-corrected chi connectivity index (χ2v) is 6.68. The summed E-state index contributed by atoms with van der Waals surface area (Å²) in [4.78, 5) is 23.5. The first kappa shape index (κ1) is 11.8. The molecule has 3 nitrogen and oxygen atoms in total. The zero-order chi connectivity index (χ0) is 13.0. The summed E-state index contributed by atoms with van der Waals surface area (Å²) in [6.45, 7) is 0.929. The Morgan fingerprint density at radius 3 is 2.53 bits per heavy atom. The molecule has 0 aromatic heterocycles. The first-order chi connectivity index (χ1) is 9.24. The lowest BCUT2D eigenvalue weighted by atomic mass is 9.66. The molecule has 3 heteroatoms. The van der Waals surface area contributed by atoms with Gasteiger partial charge in [-0.3, -0.25) is 9.59 Å². The predicted molar refractivity (Wildman–Crippen MR) is 71.6 cm³/mol. The van der Waals surface area contributed by atoms with Crippen molar-refractivity contribution in [1.29, 1.82) is 0 Å². The number of fused-ring (bicyclic) bond motifs is 4. The van der Waals surface area contributed by atoms with Crippen molar-refractivity contribution in [2.45, 2.75) is 51.0 Å². The van der Waals surface area contributed by atoms with Crippen LogP contribution in [0, 0.1) is 17.8 Å². The standard InChI is InChI=1S/C16H21NO2/c18-9-1-2-12-10-3-4-13-11(5-6-16(13)19)14(10)8-17-15(12)7-9/h11-13,15,17H,1-8H2. The van der Waals surface area contributed by atoms with Gasteiger partial charge in [-0.15, -0.1) is 0 Å². The number of carbonyl (C=O) groups excluding carboxylic acids is 2. The summed E-state index contributed by atoms with van der Waals surface area (Å²) < 4.78 is 0. The molecule has 1 heterocycles. The Morgan fingerprint density at radius 1 is 0.842 bits per heavy atom. The van der Waals surface area contributed by atoms with E-state index in [1.54, 1.807) is 11.1 Å². The van der Waals surface area contributed by atoms with Crippen LogP contribution in [0.15, 0.2) is 11.1 Å². The van der Waals surface area contributed by atoms with Gasteiger partial charge in [0.05, 0.1) is 0 Å². The molecule has 2 saturated carbocycles. The van der Waals surface area contributed by atoms with Gasteiger partial charge in [0.25, 0.3) is 0 Å². The Labute approximate surface area is 113 Å². The molecule has 3 aliphatic carbocycles. The molecule has 4 unspecified atom stereocenters. The van der Waals surface area contributed by atoms with Crippen molar-refractivity contribution in [1.82, 2.24) is 5.32 Å². The summed E-state index contributed by atoms with van der Waals surface area (Å²) in [5, 5.41) is 3.59. The van der Waals surface area contributed by atoms with Crippen LogP contribution in [0.5, 0.6) is 0 Å². The van der Waals surface area contributed by atoms with E-state index in [-0.39, 0.29) is 0 Å². The van der Waals surface area contributed by atoms with E-state index < -0.39 is 0 Å². The average Bonchev–Trinajstić information content (AvgIpc) is 2.80. The van der Waals surface area contributed by atoms with Crippen LogP contribution in [-0.2, 0) is 9.59 Å². The van der Waals surface area contributed by atoms with Crippen molar-refractivity contribution in [3.63, 3.8) is 0 Å². The number of carbonyl (C=O) groups is 2. The Kier molecular flexibility index (Phi) is 2.66. The number of Topliss-reactive ketones (excluding diaryl/α,β-unsaturated/α-hetero) is 2. The van der Waals surface area contributed by atoms with Gasteiger partial charge in [0, 0.05) is 37.8 Å². The second kappa shape index (κ2) is 4.27. The smallest absolute Gasteiger partial charge is 0.136 e. The van der Waals surface area contributed by atoms with Gasteiger partial charge in [0.2, 0.25) is 0 Å². The third-order valence-corrected chi connectivity index (χ3v) is 5.86. The largest absolute Gasteiger partial charge is 0.309 e. The molecule has 0 radical (unpaired) electrons. The molecule has 1 aliphatic heterocycles. The van der Waals surface area contributed by atoms with Crippen LogP contribution in [0.4, 0.5) is 0 Å². The van der Waals surface area contributed by atoms with E-state index in [9.17, 15) is 9.59 Å². The number of ketones is 2. The molecule has 4 aliphatic rings. The van der Waals surface area contributed by atoms with Crippen LogP contribution in [0.1, 0.15) is 44.9 Å². The van der Waals surface area contributed by atoms with Crippen molar-refractivity contribution < 1.29 is 9.59 Å². The Balaban J connectivity index is 1.66. The number of rotatable bonds is 0. The SMILES string of the molecule is O=C1CCC2C3=C(CNC2C1)C1CCC(=O)C1CC3. The molecule has 0 spiro atoms. The van der Waals surface area contributed by atoms with Crippen LogP contribution in [0.25, 0.3) is 0 Å². The Bertz CT molecular complexity index is 479. The lowest BCUT2D eigenvalue weighted by Gasteiger charge is -2.44. The van der Waals surface area contributed by atoms with Gasteiger partial charge in [0.15, 0.2) is 0 Å². The third-order valence-electron chi connectivity index (χ3n) is 5.86. The first-order valence-electron chi connectivity index (χ1n) is 7.73. The summed E-state index contributed by atoms with van der Waals surface area (Å²) in [6.07, 6.45) is 6.54. The van der Waals surface area contributed by atoms with E-state index in [1.165, 1.54) is 0 Å². The molecule has 0 amide bonds. The number of hydrogen-bond acceptors (Lipinski definition) is 3. The van der Waals surface area contributed by atoms with E-state index in [0.29, 0.717) is 41.8 Å². The molecule has 102 valence electrons. The Hall–Kier alpha value is -0.960. The molecule has 0 bridgehead atoms. The molecule has 4 atom stereocenters. The second-order valence-electron chi connectivity index (χ2n) is 6.68. The fraction of sp³-hybridized carbons (Fsp3) is 0.750. The molecule has 1 N–H and O–H groups in total. The molecular formula is C16H21NO2. The van der Waals surface area contributed by atoms with E-state index in [1.807, 2.05) is 0 Å². The van der Waals surface area contributed by atoms with Crippen molar-refractivity contribution in [2.75, 3.05) is 6.54 Å². The minimum atomic E-state index is 0.322. The highest BCUT2D eigenvalue weighted by molar-refractivity contribution is 5.84. The highest BCUT2D eigenvalue weighted by Crippen LogP contribution is 2.48. The lowest BCUT2D eigenvalue weighted by molar-refractivity contribution is -0.121. The lowest BCUT2D eigenvalue weighted by Crippen LogP contribution is -2.49. The maximum atomic E-state index is 11.9. The van der Waals surface area contributed by atoms with Crippen molar-refractivity contribution >= 4 is 11.6 Å². The van der Waals surface area contributed by atoms with E-state index in [2.05, 4.69) is 5.32 Å². The number of nitrogens with one attached hydrogen (secondary N) is 1.